The molecule has 11 aromatic rings. The smallest absolute Gasteiger partial charge is 0.164 e. The Balaban J connectivity index is 1.07. The van der Waals surface area contributed by atoms with E-state index in [2.05, 4.69) is 152 Å². The average molecular weight is 734 g/mol. The molecule has 0 bridgehead atoms. The number of aromatic nitrogens is 3. The topological polar surface area (TPSA) is 51.8 Å². The van der Waals surface area contributed by atoms with E-state index in [0.717, 1.165) is 55.3 Å². The molecule has 5 heteroatoms. The van der Waals surface area contributed by atoms with Crippen LogP contribution >= 0.6 is 11.3 Å². The van der Waals surface area contributed by atoms with Crippen LogP contribution in [0.25, 0.3) is 110 Å². The van der Waals surface area contributed by atoms with Crippen LogP contribution in [0, 0.1) is 0 Å². The molecule has 11 rings (SSSR count). The largest absolute Gasteiger partial charge is 0.456 e. The summed E-state index contributed by atoms with van der Waals surface area (Å²) < 4.78 is 9.22. The first kappa shape index (κ1) is 32.2. The highest BCUT2D eigenvalue weighted by atomic mass is 32.1. The zero-order valence-corrected chi connectivity index (χ0v) is 30.9. The minimum absolute atomic E-state index is 0.588. The van der Waals surface area contributed by atoms with Gasteiger partial charge in [-0.3, -0.25) is 0 Å². The highest BCUT2D eigenvalue weighted by molar-refractivity contribution is 7.26. The quantitative estimate of drug-likeness (QED) is 0.171. The van der Waals surface area contributed by atoms with Gasteiger partial charge in [0.2, 0.25) is 0 Å². The van der Waals surface area contributed by atoms with Crippen molar-refractivity contribution in [1.29, 1.82) is 0 Å². The summed E-state index contributed by atoms with van der Waals surface area (Å²) in [5.74, 6) is 1.82. The first-order valence-electron chi connectivity index (χ1n) is 18.7. The molecule has 0 N–H and O–H groups in total. The Morgan fingerprint density at radius 1 is 0.339 bits per heavy atom. The first-order valence-corrected chi connectivity index (χ1v) is 19.5. The van der Waals surface area contributed by atoms with Gasteiger partial charge in [-0.25, -0.2) is 15.0 Å². The zero-order valence-electron chi connectivity index (χ0n) is 30.1. The molecule has 0 saturated heterocycles. The second-order valence-electron chi connectivity index (χ2n) is 13.9. The highest BCUT2D eigenvalue weighted by Crippen LogP contribution is 2.47. The average Bonchev–Trinajstić information content (AvgIpc) is 3.86. The Morgan fingerprint density at radius 2 is 0.929 bits per heavy atom. The molecule has 0 spiro atoms. The number of furan rings is 1. The summed E-state index contributed by atoms with van der Waals surface area (Å²) in [6, 6.07) is 65.6. The molecule has 0 fully saturated rings. The number of thiophene rings is 1. The molecule has 0 atom stereocenters. The fourth-order valence-electron chi connectivity index (χ4n) is 7.91. The van der Waals surface area contributed by atoms with Crippen molar-refractivity contribution in [3.8, 4) is 67.5 Å². The van der Waals surface area contributed by atoms with E-state index in [-0.39, 0.29) is 0 Å². The van der Waals surface area contributed by atoms with Gasteiger partial charge in [0.1, 0.15) is 11.2 Å². The van der Waals surface area contributed by atoms with Crippen LogP contribution < -0.4 is 0 Å². The van der Waals surface area contributed by atoms with E-state index in [1.54, 1.807) is 0 Å². The predicted molar refractivity (Wildman–Crippen MR) is 233 cm³/mol. The summed E-state index contributed by atoms with van der Waals surface area (Å²) >= 11 is 1.85. The SMILES string of the molecule is c1ccc(-c2cccc(-c3nc(-c4ccccc4)nc(-c4ccc5c(c4)oc4cccc(-c6ccc(-c7ccccc7)c7c6sc6ccccc67)c45)n3)c2)cc1. The second-order valence-corrected chi connectivity index (χ2v) is 15.0. The third kappa shape index (κ3) is 5.48. The van der Waals surface area contributed by atoms with E-state index in [1.807, 2.05) is 47.7 Å². The predicted octanol–water partition coefficient (Wildman–Crippen LogP) is 14.1. The van der Waals surface area contributed by atoms with Crippen molar-refractivity contribution in [1.82, 2.24) is 15.0 Å². The lowest BCUT2D eigenvalue weighted by Gasteiger charge is -2.11. The molecule has 0 aliphatic carbocycles. The number of fused-ring (bicyclic) bond motifs is 6. The van der Waals surface area contributed by atoms with Gasteiger partial charge in [0.15, 0.2) is 17.5 Å². The van der Waals surface area contributed by atoms with Crippen LogP contribution in [-0.4, -0.2) is 15.0 Å². The lowest BCUT2D eigenvalue weighted by Crippen LogP contribution is -2.00. The van der Waals surface area contributed by atoms with Gasteiger partial charge < -0.3 is 4.42 Å². The summed E-state index contributed by atoms with van der Waals surface area (Å²) in [4.78, 5) is 15.1. The van der Waals surface area contributed by atoms with E-state index in [9.17, 15) is 0 Å². The van der Waals surface area contributed by atoms with Gasteiger partial charge in [-0.05, 0) is 58.1 Å². The summed E-state index contributed by atoms with van der Waals surface area (Å²) in [6.45, 7) is 0. The van der Waals surface area contributed by atoms with Crippen LogP contribution in [-0.2, 0) is 0 Å². The van der Waals surface area contributed by atoms with Crippen LogP contribution in [0.15, 0.2) is 192 Å². The number of rotatable bonds is 6. The first-order chi connectivity index (χ1) is 27.7. The van der Waals surface area contributed by atoms with E-state index in [4.69, 9.17) is 19.4 Å². The number of nitrogens with zero attached hydrogens (tertiary/aromatic N) is 3. The Hall–Kier alpha value is -7.21. The molecule has 0 unspecified atom stereocenters. The maximum Gasteiger partial charge on any atom is 0.164 e. The highest BCUT2D eigenvalue weighted by Gasteiger charge is 2.20. The Morgan fingerprint density at radius 3 is 1.70 bits per heavy atom. The van der Waals surface area contributed by atoms with Crippen molar-refractivity contribution < 1.29 is 4.42 Å². The van der Waals surface area contributed by atoms with Crippen molar-refractivity contribution in [2.45, 2.75) is 0 Å². The van der Waals surface area contributed by atoms with E-state index in [1.165, 1.54) is 36.9 Å². The standard InChI is InChI=1S/C51H31N3OS/c1-4-14-32(15-5-1)35-20-12-21-36(30-35)50-52-49(34-18-8-3-9-19-34)53-51(54-50)37-26-27-41-44(31-37)55-43-24-13-23-39(46(41)43)40-29-28-38(33-16-6-2-7-17-33)47-42-22-10-11-25-45(42)56-48(40)47/h1-31H. The van der Waals surface area contributed by atoms with Crippen molar-refractivity contribution >= 4 is 53.4 Å². The third-order valence-corrected chi connectivity index (χ3v) is 11.8. The normalized spacial score (nSPS) is 11.6. The lowest BCUT2D eigenvalue weighted by atomic mass is 9.93. The fraction of sp³-hybridized carbons (Fsp3) is 0. The van der Waals surface area contributed by atoms with E-state index >= 15 is 0 Å². The number of benzene rings is 8. The molecule has 0 aliphatic heterocycles. The minimum Gasteiger partial charge on any atom is -0.456 e. The molecule has 0 saturated carbocycles. The van der Waals surface area contributed by atoms with E-state index < -0.39 is 0 Å². The summed E-state index contributed by atoms with van der Waals surface area (Å²) in [6.07, 6.45) is 0. The van der Waals surface area contributed by atoms with Crippen molar-refractivity contribution in [3.05, 3.63) is 188 Å². The van der Waals surface area contributed by atoms with Gasteiger partial charge in [0, 0.05) is 53.2 Å². The van der Waals surface area contributed by atoms with E-state index in [0.29, 0.717) is 17.5 Å². The summed E-state index contributed by atoms with van der Waals surface area (Å²) in [5, 5.41) is 4.71. The molecule has 3 aromatic heterocycles. The summed E-state index contributed by atoms with van der Waals surface area (Å²) in [7, 11) is 0. The van der Waals surface area contributed by atoms with Gasteiger partial charge in [-0.15, -0.1) is 11.3 Å². The second kappa shape index (κ2) is 13.3. The zero-order chi connectivity index (χ0) is 37.0. The van der Waals surface area contributed by atoms with Crippen LogP contribution in [0.5, 0.6) is 0 Å². The van der Waals surface area contributed by atoms with Gasteiger partial charge in [0.25, 0.3) is 0 Å². The monoisotopic (exact) mass is 733 g/mol. The Bertz CT molecular complexity index is 3240. The maximum absolute atomic E-state index is 6.67. The van der Waals surface area contributed by atoms with Gasteiger partial charge in [-0.1, -0.05) is 158 Å². The van der Waals surface area contributed by atoms with Gasteiger partial charge >= 0.3 is 0 Å². The Kier molecular flexibility index (Phi) is 7.64. The van der Waals surface area contributed by atoms with Gasteiger partial charge in [-0.2, -0.15) is 0 Å². The minimum atomic E-state index is 0.588. The number of hydrogen-bond donors (Lipinski definition) is 0. The fourth-order valence-corrected chi connectivity index (χ4v) is 9.16. The van der Waals surface area contributed by atoms with Crippen LogP contribution in [0.4, 0.5) is 0 Å². The molecular weight excluding hydrogens is 703 g/mol. The molecule has 0 amide bonds. The Labute approximate surface area is 327 Å². The van der Waals surface area contributed by atoms with Crippen LogP contribution in [0.2, 0.25) is 0 Å². The molecule has 0 radical (unpaired) electrons. The molecule has 4 nitrogen and oxygen atoms in total. The third-order valence-electron chi connectivity index (χ3n) is 10.6. The molecule has 8 aromatic carbocycles. The molecule has 3 heterocycles. The lowest BCUT2D eigenvalue weighted by molar-refractivity contribution is 0.669. The maximum atomic E-state index is 6.67. The van der Waals surface area contributed by atoms with Crippen LogP contribution in [0.3, 0.4) is 0 Å². The van der Waals surface area contributed by atoms with Gasteiger partial charge in [0.05, 0.1) is 0 Å². The van der Waals surface area contributed by atoms with Crippen molar-refractivity contribution in [2.24, 2.45) is 0 Å². The van der Waals surface area contributed by atoms with Crippen molar-refractivity contribution in [3.63, 3.8) is 0 Å². The number of hydrogen-bond acceptors (Lipinski definition) is 5. The van der Waals surface area contributed by atoms with Crippen molar-refractivity contribution in [2.75, 3.05) is 0 Å². The van der Waals surface area contributed by atoms with Crippen LogP contribution in [0.1, 0.15) is 0 Å². The molecule has 0 aliphatic rings. The molecule has 56 heavy (non-hydrogen) atoms. The molecule has 262 valence electrons. The molecular formula is C51H31N3OS. The summed E-state index contributed by atoms with van der Waals surface area (Å²) in [5.41, 5.74) is 11.4.